The summed E-state index contributed by atoms with van der Waals surface area (Å²) in [5.74, 6) is 0.566. The Hall–Kier alpha value is -3.25. The van der Waals surface area contributed by atoms with Crippen LogP contribution in [-0.2, 0) is 18.0 Å². The summed E-state index contributed by atoms with van der Waals surface area (Å²) in [6, 6.07) is 18.2. The zero-order valence-corrected chi connectivity index (χ0v) is 16.8. The maximum Gasteiger partial charge on any atom is 0.262 e. The number of fused-ring (bicyclic) bond motifs is 1. The molecule has 0 amide bonds. The minimum absolute atomic E-state index is 0.0605. The Morgan fingerprint density at radius 1 is 1.03 bits per heavy atom. The number of aryl methyl sites for hydroxylation is 2. The minimum Gasteiger partial charge on any atom is -0.370 e. The molecule has 4 rings (SSSR count). The highest BCUT2D eigenvalue weighted by molar-refractivity contribution is 5.77. The maximum absolute atomic E-state index is 12.7. The fourth-order valence-corrected chi connectivity index (χ4v) is 3.42. The third-order valence-corrected chi connectivity index (χ3v) is 5.03. The lowest BCUT2D eigenvalue weighted by Crippen LogP contribution is -2.13. The van der Waals surface area contributed by atoms with Crippen molar-refractivity contribution in [1.29, 1.82) is 0 Å². The minimum atomic E-state index is -0.187. The van der Waals surface area contributed by atoms with Gasteiger partial charge in [-0.2, -0.15) is 5.10 Å². The second kappa shape index (κ2) is 8.01. The fourth-order valence-electron chi connectivity index (χ4n) is 3.42. The van der Waals surface area contributed by atoms with Crippen molar-refractivity contribution in [1.82, 2.24) is 19.7 Å². The number of nitrogens with one attached hydrogen (secondary N) is 1. The van der Waals surface area contributed by atoms with Gasteiger partial charge < -0.3 is 9.72 Å². The Bertz CT molecular complexity index is 1180. The maximum atomic E-state index is 12.7. The van der Waals surface area contributed by atoms with Crippen LogP contribution in [0.5, 0.6) is 0 Å². The van der Waals surface area contributed by atoms with E-state index < -0.39 is 0 Å². The highest BCUT2D eigenvalue weighted by atomic mass is 16.5. The van der Waals surface area contributed by atoms with E-state index in [-0.39, 0.29) is 18.2 Å². The fraction of sp³-hybridized carbons (Fsp3) is 0.261. The summed E-state index contributed by atoms with van der Waals surface area (Å²) in [7, 11) is 0. The third kappa shape index (κ3) is 3.98. The monoisotopic (exact) mass is 388 g/mol. The molecule has 2 heterocycles. The SMILES string of the molecule is Cc1ccc(C(C)n2nc(COCc3ccccc3)c3c(=O)[nH]c(C)nc32)cc1. The van der Waals surface area contributed by atoms with E-state index >= 15 is 0 Å². The molecule has 0 aliphatic heterocycles. The van der Waals surface area contributed by atoms with Gasteiger partial charge in [-0.3, -0.25) is 4.79 Å². The molecule has 0 fully saturated rings. The van der Waals surface area contributed by atoms with Crippen molar-refractivity contribution < 1.29 is 4.74 Å². The number of aromatic amines is 1. The molecule has 0 saturated heterocycles. The molecule has 2 aromatic carbocycles. The van der Waals surface area contributed by atoms with Crippen LogP contribution >= 0.6 is 0 Å². The number of hydrogen-bond donors (Lipinski definition) is 1. The van der Waals surface area contributed by atoms with Crippen LogP contribution in [0.4, 0.5) is 0 Å². The van der Waals surface area contributed by atoms with Gasteiger partial charge in [-0.15, -0.1) is 0 Å². The van der Waals surface area contributed by atoms with Crippen LogP contribution in [0.3, 0.4) is 0 Å². The van der Waals surface area contributed by atoms with Crippen molar-refractivity contribution in [2.75, 3.05) is 0 Å². The average Bonchev–Trinajstić information content (AvgIpc) is 3.07. The van der Waals surface area contributed by atoms with Crippen LogP contribution < -0.4 is 5.56 Å². The van der Waals surface area contributed by atoms with Gasteiger partial charge >= 0.3 is 0 Å². The predicted octanol–water partition coefficient (Wildman–Crippen LogP) is 4.06. The highest BCUT2D eigenvalue weighted by Gasteiger charge is 2.20. The molecule has 1 atom stereocenters. The van der Waals surface area contributed by atoms with E-state index in [4.69, 9.17) is 9.84 Å². The van der Waals surface area contributed by atoms with Crippen LogP contribution in [0.15, 0.2) is 59.4 Å². The summed E-state index contributed by atoms with van der Waals surface area (Å²) in [5.41, 5.74) is 4.38. The van der Waals surface area contributed by atoms with Crippen molar-refractivity contribution in [3.05, 3.63) is 93.2 Å². The molecule has 2 aromatic heterocycles. The van der Waals surface area contributed by atoms with Crippen molar-refractivity contribution >= 4 is 11.0 Å². The van der Waals surface area contributed by atoms with E-state index in [1.54, 1.807) is 6.92 Å². The van der Waals surface area contributed by atoms with Crippen molar-refractivity contribution in [3.8, 4) is 0 Å². The first-order valence-electron chi connectivity index (χ1n) is 9.69. The molecule has 1 unspecified atom stereocenters. The molecule has 29 heavy (non-hydrogen) atoms. The molecule has 1 N–H and O–H groups in total. The van der Waals surface area contributed by atoms with E-state index in [0.717, 1.165) is 11.1 Å². The van der Waals surface area contributed by atoms with Gasteiger partial charge in [0, 0.05) is 0 Å². The summed E-state index contributed by atoms with van der Waals surface area (Å²) in [6.07, 6.45) is 0. The summed E-state index contributed by atoms with van der Waals surface area (Å²) in [4.78, 5) is 20.0. The molecule has 4 aromatic rings. The molecule has 148 valence electrons. The molecular weight excluding hydrogens is 364 g/mol. The molecule has 0 radical (unpaired) electrons. The van der Waals surface area contributed by atoms with Crippen molar-refractivity contribution in [3.63, 3.8) is 0 Å². The van der Waals surface area contributed by atoms with Crippen LogP contribution in [-0.4, -0.2) is 19.7 Å². The molecule has 0 aliphatic rings. The number of ether oxygens (including phenoxy) is 1. The molecular formula is C23H24N4O2. The summed E-state index contributed by atoms with van der Waals surface area (Å²) < 4.78 is 7.68. The van der Waals surface area contributed by atoms with Gasteiger partial charge in [-0.25, -0.2) is 9.67 Å². The largest absolute Gasteiger partial charge is 0.370 e. The first-order valence-corrected chi connectivity index (χ1v) is 9.69. The van der Waals surface area contributed by atoms with Gasteiger partial charge in [0.05, 0.1) is 19.3 Å². The summed E-state index contributed by atoms with van der Waals surface area (Å²) in [5, 5.41) is 5.22. The van der Waals surface area contributed by atoms with Gasteiger partial charge in [0.15, 0.2) is 5.65 Å². The van der Waals surface area contributed by atoms with Crippen LogP contribution in [0.1, 0.15) is 41.2 Å². The van der Waals surface area contributed by atoms with Crippen LogP contribution in [0.25, 0.3) is 11.0 Å². The molecule has 0 spiro atoms. The first kappa shape index (κ1) is 19.1. The Labute approximate surface area is 169 Å². The predicted molar refractivity (Wildman–Crippen MR) is 113 cm³/mol. The van der Waals surface area contributed by atoms with Gasteiger partial charge in [0.2, 0.25) is 0 Å². The van der Waals surface area contributed by atoms with Gasteiger partial charge in [0.1, 0.15) is 16.9 Å². The quantitative estimate of drug-likeness (QED) is 0.541. The Kier molecular flexibility index (Phi) is 5.27. The third-order valence-electron chi connectivity index (χ3n) is 5.03. The zero-order chi connectivity index (χ0) is 20.4. The van der Waals surface area contributed by atoms with E-state index in [2.05, 4.69) is 48.1 Å². The van der Waals surface area contributed by atoms with Crippen LogP contribution in [0, 0.1) is 13.8 Å². The topological polar surface area (TPSA) is 72.8 Å². The number of benzene rings is 2. The summed E-state index contributed by atoms with van der Waals surface area (Å²) >= 11 is 0. The second-order valence-corrected chi connectivity index (χ2v) is 7.31. The van der Waals surface area contributed by atoms with Crippen molar-refractivity contribution in [2.24, 2.45) is 0 Å². The Morgan fingerprint density at radius 3 is 2.48 bits per heavy atom. The molecule has 6 nitrogen and oxygen atoms in total. The Morgan fingerprint density at radius 2 is 1.76 bits per heavy atom. The number of aromatic nitrogens is 4. The molecule has 0 saturated carbocycles. The number of H-pyrrole nitrogens is 1. The van der Waals surface area contributed by atoms with Gasteiger partial charge in [-0.1, -0.05) is 60.2 Å². The summed E-state index contributed by atoms with van der Waals surface area (Å²) in [6.45, 7) is 6.60. The zero-order valence-electron chi connectivity index (χ0n) is 16.8. The first-order chi connectivity index (χ1) is 14.0. The molecule has 6 heteroatoms. The number of hydrogen-bond acceptors (Lipinski definition) is 4. The van der Waals surface area contributed by atoms with E-state index in [1.807, 2.05) is 35.0 Å². The lowest BCUT2D eigenvalue weighted by Gasteiger charge is -2.14. The van der Waals surface area contributed by atoms with Crippen LogP contribution in [0.2, 0.25) is 0 Å². The molecule has 0 aliphatic carbocycles. The Balaban J connectivity index is 1.69. The molecule has 0 bridgehead atoms. The lowest BCUT2D eigenvalue weighted by atomic mass is 10.1. The number of nitrogens with zero attached hydrogens (tertiary/aromatic N) is 3. The standard InChI is InChI=1S/C23H24N4O2/c1-15-9-11-19(12-10-15)16(2)27-22-21(23(28)25-17(3)24-22)20(26-27)14-29-13-18-7-5-4-6-8-18/h4-12,16H,13-14H2,1-3H3,(H,24,25,28). The average molecular weight is 388 g/mol. The second-order valence-electron chi connectivity index (χ2n) is 7.31. The van der Waals surface area contributed by atoms with E-state index in [1.165, 1.54) is 5.56 Å². The van der Waals surface area contributed by atoms with E-state index in [0.29, 0.717) is 29.2 Å². The normalized spacial score (nSPS) is 12.4. The lowest BCUT2D eigenvalue weighted by molar-refractivity contribution is 0.105. The van der Waals surface area contributed by atoms with E-state index in [9.17, 15) is 4.79 Å². The van der Waals surface area contributed by atoms with Gasteiger partial charge in [-0.05, 0) is 31.9 Å². The smallest absolute Gasteiger partial charge is 0.262 e. The van der Waals surface area contributed by atoms with Crippen molar-refractivity contribution in [2.45, 2.75) is 40.0 Å². The van der Waals surface area contributed by atoms with Gasteiger partial charge in [0.25, 0.3) is 5.56 Å². The number of rotatable bonds is 6. The highest BCUT2D eigenvalue weighted by Crippen LogP contribution is 2.24.